The van der Waals surface area contributed by atoms with Crippen LogP contribution in [0.3, 0.4) is 0 Å². The minimum Gasteiger partial charge on any atom is -0.321 e. The summed E-state index contributed by atoms with van der Waals surface area (Å²) < 4.78 is 1.58. The molecule has 0 aliphatic rings. The van der Waals surface area contributed by atoms with E-state index in [-0.39, 0.29) is 11.2 Å². The molecule has 146 valence electrons. The van der Waals surface area contributed by atoms with Crippen LogP contribution in [-0.2, 0) is 6.54 Å². The SMILES string of the molecule is CCCCCn1cnc2sc(C(=O)Nc3cccc([N+](=O)[O-])c3)c(C)c2c1=O. The number of aryl methyl sites for hydroxylation is 2. The van der Waals surface area contributed by atoms with Crippen molar-refractivity contribution in [3.8, 4) is 0 Å². The molecule has 3 rings (SSSR count). The fraction of sp³-hybridized carbons (Fsp3) is 0.316. The molecule has 1 N–H and O–H groups in total. The Hall–Kier alpha value is -3.07. The molecule has 0 aliphatic heterocycles. The molecule has 0 unspecified atom stereocenters. The van der Waals surface area contributed by atoms with E-state index in [1.165, 1.54) is 24.5 Å². The molecule has 1 aromatic carbocycles. The third kappa shape index (κ3) is 3.94. The van der Waals surface area contributed by atoms with Crippen LogP contribution in [0.1, 0.15) is 41.4 Å². The van der Waals surface area contributed by atoms with E-state index < -0.39 is 10.8 Å². The van der Waals surface area contributed by atoms with Crippen LogP contribution < -0.4 is 10.9 Å². The normalized spacial score (nSPS) is 10.9. The average Bonchev–Trinajstić information content (AvgIpc) is 3.01. The third-order valence-corrected chi connectivity index (χ3v) is 5.64. The molecule has 0 aliphatic carbocycles. The summed E-state index contributed by atoms with van der Waals surface area (Å²) in [4.78, 5) is 41.1. The van der Waals surface area contributed by atoms with Gasteiger partial charge in [0.2, 0.25) is 0 Å². The molecule has 8 nitrogen and oxygen atoms in total. The van der Waals surface area contributed by atoms with Crippen LogP contribution >= 0.6 is 11.3 Å². The molecule has 28 heavy (non-hydrogen) atoms. The molecule has 0 saturated heterocycles. The second kappa shape index (κ2) is 8.30. The van der Waals surface area contributed by atoms with Crippen LogP contribution in [0.15, 0.2) is 35.4 Å². The van der Waals surface area contributed by atoms with Crippen LogP contribution in [0, 0.1) is 17.0 Å². The number of thiophene rings is 1. The van der Waals surface area contributed by atoms with E-state index in [2.05, 4.69) is 17.2 Å². The van der Waals surface area contributed by atoms with E-state index in [4.69, 9.17) is 0 Å². The zero-order chi connectivity index (χ0) is 20.3. The lowest BCUT2D eigenvalue weighted by molar-refractivity contribution is -0.384. The smallest absolute Gasteiger partial charge is 0.271 e. The maximum Gasteiger partial charge on any atom is 0.271 e. The summed E-state index contributed by atoms with van der Waals surface area (Å²) in [6, 6.07) is 5.72. The van der Waals surface area contributed by atoms with Gasteiger partial charge in [0.15, 0.2) is 0 Å². The lowest BCUT2D eigenvalue weighted by Gasteiger charge is -2.05. The first kappa shape index (κ1) is 19.7. The van der Waals surface area contributed by atoms with Gasteiger partial charge in [0, 0.05) is 24.4 Å². The number of nitro groups is 1. The Bertz CT molecular complexity index is 1100. The fourth-order valence-corrected chi connectivity index (χ4v) is 3.99. The van der Waals surface area contributed by atoms with Crippen molar-refractivity contribution in [2.24, 2.45) is 0 Å². The number of nitrogens with zero attached hydrogens (tertiary/aromatic N) is 3. The Morgan fingerprint density at radius 3 is 2.86 bits per heavy atom. The minimum absolute atomic E-state index is 0.109. The van der Waals surface area contributed by atoms with Crippen molar-refractivity contribution in [2.45, 2.75) is 39.7 Å². The highest BCUT2D eigenvalue weighted by molar-refractivity contribution is 7.20. The number of nitrogens with one attached hydrogen (secondary N) is 1. The summed E-state index contributed by atoms with van der Waals surface area (Å²) in [5, 5.41) is 14.0. The van der Waals surface area contributed by atoms with E-state index in [0.29, 0.717) is 32.9 Å². The number of rotatable bonds is 7. The van der Waals surface area contributed by atoms with Gasteiger partial charge in [-0.1, -0.05) is 25.8 Å². The summed E-state index contributed by atoms with van der Waals surface area (Å²) in [6.07, 6.45) is 4.51. The summed E-state index contributed by atoms with van der Waals surface area (Å²) >= 11 is 1.14. The van der Waals surface area contributed by atoms with E-state index in [0.717, 1.165) is 30.6 Å². The molecule has 0 atom stereocenters. The van der Waals surface area contributed by atoms with E-state index >= 15 is 0 Å². The van der Waals surface area contributed by atoms with Gasteiger partial charge in [-0.25, -0.2) is 4.98 Å². The predicted molar refractivity (Wildman–Crippen MR) is 109 cm³/mol. The quantitative estimate of drug-likeness (QED) is 0.365. The van der Waals surface area contributed by atoms with Gasteiger partial charge in [-0.2, -0.15) is 0 Å². The molecule has 9 heteroatoms. The van der Waals surface area contributed by atoms with Crippen molar-refractivity contribution in [1.82, 2.24) is 9.55 Å². The molecule has 0 bridgehead atoms. The summed E-state index contributed by atoms with van der Waals surface area (Å²) in [5.74, 6) is -0.419. The zero-order valence-corrected chi connectivity index (χ0v) is 16.4. The molecule has 3 aromatic rings. The number of carbonyl (C=O) groups is 1. The number of anilines is 1. The number of non-ortho nitro benzene ring substituents is 1. The number of hydrogen-bond acceptors (Lipinski definition) is 6. The first-order chi connectivity index (χ1) is 13.4. The number of unbranched alkanes of at least 4 members (excludes halogenated alkanes) is 2. The Balaban J connectivity index is 1.91. The molecule has 0 saturated carbocycles. The van der Waals surface area contributed by atoms with Crippen LogP contribution in [0.5, 0.6) is 0 Å². The van der Waals surface area contributed by atoms with Crippen LogP contribution in [0.4, 0.5) is 11.4 Å². The van der Waals surface area contributed by atoms with E-state index in [1.54, 1.807) is 17.6 Å². The molecule has 2 aromatic heterocycles. The van der Waals surface area contributed by atoms with Gasteiger partial charge in [-0.15, -0.1) is 11.3 Å². The number of fused-ring (bicyclic) bond motifs is 1. The zero-order valence-electron chi connectivity index (χ0n) is 15.6. The van der Waals surface area contributed by atoms with Gasteiger partial charge in [0.05, 0.1) is 21.5 Å². The first-order valence-electron chi connectivity index (χ1n) is 8.96. The third-order valence-electron chi connectivity index (χ3n) is 4.44. The highest BCUT2D eigenvalue weighted by Crippen LogP contribution is 2.28. The van der Waals surface area contributed by atoms with Crippen LogP contribution in [-0.4, -0.2) is 20.4 Å². The van der Waals surface area contributed by atoms with Gasteiger partial charge < -0.3 is 5.32 Å². The molecule has 0 fully saturated rings. The highest BCUT2D eigenvalue weighted by atomic mass is 32.1. The van der Waals surface area contributed by atoms with E-state index in [9.17, 15) is 19.7 Å². The van der Waals surface area contributed by atoms with Crippen molar-refractivity contribution < 1.29 is 9.72 Å². The molecular formula is C19H20N4O4S. The second-order valence-electron chi connectivity index (χ2n) is 6.45. The maximum atomic E-state index is 12.8. The lowest BCUT2D eigenvalue weighted by atomic mass is 10.2. The van der Waals surface area contributed by atoms with E-state index in [1.807, 2.05) is 0 Å². The monoisotopic (exact) mass is 400 g/mol. The fourth-order valence-electron chi connectivity index (χ4n) is 2.95. The van der Waals surface area contributed by atoms with Gasteiger partial charge in [-0.05, 0) is 25.0 Å². The summed E-state index contributed by atoms with van der Waals surface area (Å²) in [6.45, 7) is 4.42. The standard InChI is InChI=1S/C19H20N4O4S/c1-3-4-5-9-22-11-20-18-15(19(22)25)12(2)16(28-18)17(24)21-13-7-6-8-14(10-13)23(26)27/h6-8,10-11H,3-5,9H2,1-2H3,(H,21,24). The number of benzene rings is 1. The summed E-state index contributed by atoms with van der Waals surface area (Å²) in [7, 11) is 0. The molecular weight excluding hydrogens is 380 g/mol. The Labute approximate surface area is 165 Å². The Kier molecular flexibility index (Phi) is 5.84. The van der Waals surface area contributed by atoms with Crippen LogP contribution in [0.2, 0.25) is 0 Å². The molecule has 1 amide bonds. The van der Waals surface area contributed by atoms with Gasteiger partial charge in [0.1, 0.15) is 4.83 Å². The van der Waals surface area contributed by atoms with Gasteiger partial charge in [0.25, 0.3) is 17.2 Å². The number of amides is 1. The van der Waals surface area contributed by atoms with Crippen molar-refractivity contribution in [1.29, 1.82) is 0 Å². The van der Waals surface area contributed by atoms with Crippen molar-refractivity contribution in [3.05, 3.63) is 61.5 Å². The van der Waals surface area contributed by atoms with Crippen molar-refractivity contribution in [2.75, 3.05) is 5.32 Å². The maximum absolute atomic E-state index is 12.8. The highest BCUT2D eigenvalue weighted by Gasteiger charge is 2.20. The Morgan fingerprint density at radius 2 is 2.14 bits per heavy atom. The largest absolute Gasteiger partial charge is 0.321 e. The molecule has 2 heterocycles. The van der Waals surface area contributed by atoms with Crippen molar-refractivity contribution >= 4 is 38.8 Å². The molecule has 0 radical (unpaired) electrons. The number of nitro benzene ring substituents is 1. The summed E-state index contributed by atoms with van der Waals surface area (Å²) in [5.41, 5.74) is 0.637. The second-order valence-corrected chi connectivity index (χ2v) is 7.45. The average molecular weight is 400 g/mol. The number of hydrogen-bond donors (Lipinski definition) is 1. The number of carbonyl (C=O) groups excluding carboxylic acids is 1. The minimum atomic E-state index is -0.523. The van der Waals surface area contributed by atoms with Gasteiger partial charge in [-0.3, -0.25) is 24.3 Å². The van der Waals surface area contributed by atoms with Crippen LogP contribution in [0.25, 0.3) is 10.2 Å². The molecule has 0 spiro atoms. The lowest BCUT2D eigenvalue weighted by Crippen LogP contribution is -2.20. The predicted octanol–water partition coefficient (Wildman–Crippen LogP) is 4.12. The first-order valence-corrected chi connectivity index (χ1v) is 9.78. The van der Waals surface area contributed by atoms with Crippen molar-refractivity contribution in [3.63, 3.8) is 0 Å². The van der Waals surface area contributed by atoms with Gasteiger partial charge >= 0.3 is 0 Å². The Morgan fingerprint density at radius 1 is 1.36 bits per heavy atom. The number of aromatic nitrogens is 2. The topological polar surface area (TPSA) is 107 Å².